The molecule has 2 atom stereocenters. The lowest BCUT2D eigenvalue weighted by molar-refractivity contribution is 0.0695. The predicted molar refractivity (Wildman–Crippen MR) is 72.6 cm³/mol. The molecule has 0 aliphatic heterocycles. The Kier molecular flexibility index (Phi) is 6.04. The van der Waals surface area contributed by atoms with Gasteiger partial charge in [-0.2, -0.15) is 0 Å². The summed E-state index contributed by atoms with van der Waals surface area (Å²) in [5.74, 6) is 0. The number of aromatic nitrogens is 1. The van der Waals surface area contributed by atoms with Crippen molar-refractivity contribution in [2.24, 2.45) is 5.73 Å². The Bertz CT molecular complexity index is 343. The number of rotatable bonds is 7. The molecule has 3 N–H and O–H groups in total. The van der Waals surface area contributed by atoms with E-state index >= 15 is 0 Å². The first-order valence-corrected chi connectivity index (χ1v) is 6.18. The van der Waals surface area contributed by atoms with E-state index in [4.69, 9.17) is 10.5 Å². The summed E-state index contributed by atoms with van der Waals surface area (Å²) in [6.45, 7) is 2.87. The van der Waals surface area contributed by atoms with Crippen LogP contribution in [-0.2, 0) is 4.74 Å². The quantitative estimate of drug-likeness (QED) is 0.756. The Morgan fingerprint density at radius 2 is 2.22 bits per heavy atom. The van der Waals surface area contributed by atoms with Crippen LogP contribution in [0.3, 0.4) is 0 Å². The van der Waals surface area contributed by atoms with Gasteiger partial charge in [0.15, 0.2) is 0 Å². The van der Waals surface area contributed by atoms with E-state index in [0.29, 0.717) is 13.2 Å². The highest BCUT2D eigenvalue weighted by atomic mass is 16.5. The Labute approximate surface area is 109 Å². The number of anilines is 1. The van der Waals surface area contributed by atoms with Crippen molar-refractivity contribution in [2.45, 2.75) is 25.5 Å². The Morgan fingerprint density at radius 3 is 2.72 bits per heavy atom. The molecule has 18 heavy (non-hydrogen) atoms. The Morgan fingerprint density at radius 1 is 1.50 bits per heavy atom. The van der Waals surface area contributed by atoms with Crippen LogP contribution in [0.4, 0.5) is 5.69 Å². The molecule has 1 aromatic rings. The number of nitrogens with zero attached hydrogens (tertiary/aromatic N) is 2. The zero-order valence-corrected chi connectivity index (χ0v) is 11.3. The number of methoxy groups -OCH3 is 1. The number of ether oxygens (including phenoxy) is 1. The Balaban J connectivity index is 2.61. The first-order valence-electron chi connectivity index (χ1n) is 6.18. The van der Waals surface area contributed by atoms with Crippen LogP contribution in [0.2, 0.25) is 0 Å². The molecule has 0 aliphatic rings. The van der Waals surface area contributed by atoms with Crippen molar-refractivity contribution in [1.82, 2.24) is 4.98 Å². The summed E-state index contributed by atoms with van der Waals surface area (Å²) in [5.41, 5.74) is 7.76. The van der Waals surface area contributed by atoms with E-state index in [1.807, 2.05) is 31.0 Å². The molecular weight excluding hydrogens is 230 g/mol. The first kappa shape index (κ1) is 14.9. The minimum absolute atomic E-state index is 0.0107. The minimum atomic E-state index is -0.502. The summed E-state index contributed by atoms with van der Waals surface area (Å²) in [5, 5.41) is 9.65. The van der Waals surface area contributed by atoms with E-state index in [2.05, 4.69) is 4.98 Å². The summed E-state index contributed by atoms with van der Waals surface area (Å²) in [6.07, 6.45) is 2.15. The van der Waals surface area contributed by atoms with Gasteiger partial charge in [-0.15, -0.1) is 0 Å². The van der Waals surface area contributed by atoms with Crippen molar-refractivity contribution in [3.05, 3.63) is 24.0 Å². The van der Waals surface area contributed by atoms with E-state index in [9.17, 15) is 5.11 Å². The number of aliphatic hydroxyl groups excluding tert-OH is 1. The molecule has 102 valence electrons. The van der Waals surface area contributed by atoms with Crippen LogP contribution < -0.4 is 10.6 Å². The van der Waals surface area contributed by atoms with Gasteiger partial charge in [0.1, 0.15) is 0 Å². The van der Waals surface area contributed by atoms with Gasteiger partial charge in [0.25, 0.3) is 0 Å². The summed E-state index contributed by atoms with van der Waals surface area (Å²) in [7, 11) is 3.49. The lowest BCUT2D eigenvalue weighted by atomic mass is 10.1. The van der Waals surface area contributed by atoms with Crippen molar-refractivity contribution in [1.29, 1.82) is 0 Å². The SMILES string of the molecule is CCC(N)c1ccc(N(C)CC(O)COC)cn1. The van der Waals surface area contributed by atoms with E-state index in [-0.39, 0.29) is 6.04 Å². The van der Waals surface area contributed by atoms with Crippen LogP contribution in [0.5, 0.6) is 0 Å². The second-order valence-corrected chi connectivity index (χ2v) is 4.45. The molecule has 1 rings (SSSR count). The van der Waals surface area contributed by atoms with Crippen molar-refractivity contribution >= 4 is 5.69 Å². The zero-order chi connectivity index (χ0) is 13.5. The molecule has 0 aromatic carbocycles. The fourth-order valence-corrected chi connectivity index (χ4v) is 1.72. The maximum Gasteiger partial charge on any atom is 0.0947 e. The van der Waals surface area contributed by atoms with Crippen molar-refractivity contribution < 1.29 is 9.84 Å². The van der Waals surface area contributed by atoms with Crippen LogP contribution in [-0.4, -0.2) is 43.5 Å². The number of hydrogen-bond donors (Lipinski definition) is 2. The van der Waals surface area contributed by atoms with Gasteiger partial charge in [-0.25, -0.2) is 0 Å². The molecule has 0 fully saturated rings. The lowest BCUT2D eigenvalue weighted by Crippen LogP contribution is -2.31. The average molecular weight is 253 g/mol. The van der Waals surface area contributed by atoms with E-state index < -0.39 is 6.10 Å². The molecule has 1 aromatic heterocycles. The van der Waals surface area contributed by atoms with Crippen molar-refractivity contribution in [2.75, 3.05) is 32.2 Å². The largest absolute Gasteiger partial charge is 0.389 e. The number of aliphatic hydroxyl groups is 1. The normalized spacial score (nSPS) is 14.3. The molecule has 1 heterocycles. The van der Waals surface area contributed by atoms with Gasteiger partial charge < -0.3 is 20.5 Å². The average Bonchev–Trinajstić information content (AvgIpc) is 2.38. The molecule has 0 bridgehead atoms. The third kappa shape index (κ3) is 4.25. The van der Waals surface area contributed by atoms with E-state index in [0.717, 1.165) is 17.8 Å². The first-order chi connectivity index (χ1) is 8.58. The maximum atomic E-state index is 9.65. The van der Waals surface area contributed by atoms with Crippen molar-refractivity contribution in [3.8, 4) is 0 Å². The fraction of sp³-hybridized carbons (Fsp3) is 0.615. The van der Waals surface area contributed by atoms with Gasteiger partial charge in [0.2, 0.25) is 0 Å². The monoisotopic (exact) mass is 253 g/mol. The fourth-order valence-electron chi connectivity index (χ4n) is 1.72. The molecule has 2 unspecified atom stereocenters. The number of likely N-dealkylation sites (N-methyl/N-ethyl adjacent to an activating group) is 1. The van der Waals surface area contributed by atoms with E-state index in [1.54, 1.807) is 13.3 Å². The van der Waals surface area contributed by atoms with Crippen LogP contribution >= 0.6 is 0 Å². The molecule has 0 radical (unpaired) electrons. The standard InChI is InChI=1S/C13H23N3O2/c1-4-12(14)13-6-5-10(7-15-13)16(2)8-11(17)9-18-3/h5-7,11-12,17H,4,8-9,14H2,1-3H3. The lowest BCUT2D eigenvalue weighted by Gasteiger charge is -2.22. The van der Waals surface area contributed by atoms with Gasteiger partial charge in [0, 0.05) is 26.7 Å². The highest BCUT2D eigenvalue weighted by molar-refractivity contribution is 5.44. The molecule has 0 spiro atoms. The number of pyridine rings is 1. The molecule has 5 heteroatoms. The van der Waals surface area contributed by atoms with E-state index in [1.165, 1.54) is 0 Å². The third-order valence-corrected chi connectivity index (χ3v) is 2.87. The summed E-state index contributed by atoms with van der Waals surface area (Å²) >= 11 is 0. The third-order valence-electron chi connectivity index (χ3n) is 2.87. The summed E-state index contributed by atoms with van der Waals surface area (Å²) in [4.78, 5) is 6.29. The van der Waals surface area contributed by atoms with Gasteiger partial charge in [-0.05, 0) is 18.6 Å². The van der Waals surface area contributed by atoms with Gasteiger partial charge in [0.05, 0.1) is 30.3 Å². The topological polar surface area (TPSA) is 71.6 Å². The zero-order valence-electron chi connectivity index (χ0n) is 11.3. The number of nitrogens with two attached hydrogens (primary N) is 1. The van der Waals surface area contributed by atoms with Crippen LogP contribution in [0.15, 0.2) is 18.3 Å². The predicted octanol–water partition coefficient (Wildman–Crippen LogP) is 0.935. The minimum Gasteiger partial charge on any atom is -0.389 e. The second kappa shape index (κ2) is 7.31. The van der Waals surface area contributed by atoms with Crippen LogP contribution in [0, 0.1) is 0 Å². The summed E-state index contributed by atoms with van der Waals surface area (Å²) < 4.78 is 4.90. The second-order valence-electron chi connectivity index (χ2n) is 4.45. The van der Waals surface area contributed by atoms with Gasteiger partial charge in [-0.3, -0.25) is 4.98 Å². The van der Waals surface area contributed by atoms with Crippen molar-refractivity contribution in [3.63, 3.8) is 0 Å². The maximum absolute atomic E-state index is 9.65. The molecular formula is C13H23N3O2. The highest BCUT2D eigenvalue weighted by Crippen LogP contribution is 2.16. The van der Waals surface area contributed by atoms with Gasteiger partial charge in [-0.1, -0.05) is 6.92 Å². The van der Waals surface area contributed by atoms with Crippen LogP contribution in [0.1, 0.15) is 25.1 Å². The molecule has 0 saturated heterocycles. The molecule has 0 saturated carbocycles. The van der Waals surface area contributed by atoms with Gasteiger partial charge >= 0.3 is 0 Å². The smallest absolute Gasteiger partial charge is 0.0947 e. The molecule has 0 aliphatic carbocycles. The van der Waals surface area contributed by atoms with Crippen LogP contribution in [0.25, 0.3) is 0 Å². The Hall–Kier alpha value is -1.17. The summed E-state index contributed by atoms with van der Waals surface area (Å²) in [6, 6.07) is 3.89. The number of hydrogen-bond acceptors (Lipinski definition) is 5. The molecule has 0 amide bonds. The molecule has 5 nitrogen and oxygen atoms in total. The highest BCUT2D eigenvalue weighted by Gasteiger charge is 2.10.